The summed E-state index contributed by atoms with van der Waals surface area (Å²) in [4.78, 5) is 8.00. The third-order valence-corrected chi connectivity index (χ3v) is 3.78. The second-order valence-electron chi connectivity index (χ2n) is 5.34. The molecule has 1 aromatic carbocycles. The lowest BCUT2D eigenvalue weighted by Gasteiger charge is -2.16. The minimum Gasteiger partial charge on any atom is -0.493 e. The lowest BCUT2D eigenvalue weighted by atomic mass is 10.2. The van der Waals surface area contributed by atoms with Gasteiger partial charge in [-0.1, -0.05) is 0 Å². The highest BCUT2D eigenvalue weighted by molar-refractivity contribution is 5.79. The van der Waals surface area contributed by atoms with Crippen molar-refractivity contribution in [3.05, 3.63) is 35.9 Å². The van der Waals surface area contributed by atoms with Gasteiger partial charge >= 0.3 is 6.55 Å². The van der Waals surface area contributed by atoms with Gasteiger partial charge in [0.05, 0.1) is 27.9 Å². The number of imidazole rings is 1. The number of nitrogens with one attached hydrogen (secondary N) is 2. The topological polar surface area (TPSA) is 81.9 Å². The molecule has 8 nitrogen and oxygen atoms in total. The van der Waals surface area contributed by atoms with E-state index in [9.17, 15) is 8.78 Å². The number of aromatic nitrogens is 2. The Balaban J connectivity index is 2.02. The SMILES string of the molecule is CN=C(NCc1cc(OC)c(OC)c(OC)c1)NCc1nccn1C(F)F. The van der Waals surface area contributed by atoms with Crippen molar-refractivity contribution < 1.29 is 23.0 Å². The summed E-state index contributed by atoms with van der Waals surface area (Å²) in [6, 6.07) is 3.62. The van der Waals surface area contributed by atoms with E-state index < -0.39 is 6.55 Å². The predicted octanol–water partition coefficient (Wildman–Crippen LogP) is 2.17. The first-order valence-electron chi connectivity index (χ1n) is 8.07. The van der Waals surface area contributed by atoms with E-state index in [0.29, 0.717) is 29.8 Å². The van der Waals surface area contributed by atoms with Gasteiger partial charge in [0.1, 0.15) is 5.82 Å². The number of hydrogen-bond donors (Lipinski definition) is 2. The molecule has 0 radical (unpaired) electrons. The molecule has 10 heteroatoms. The van der Waals surface area contributed by atoms with Crippen LogP contribution < -0.4 is 24.8 Å². The maximum Gasteiger partial charge on any atom is 0.319 e. The molecule has 0 bridgehead atoms. The quantitative estimate of drug-likeness (QED) is 0.537. The van der Waals surface area contributed by atoms with Crippen molar-refractivity contribution in [1.29, 1.82) is 0 Å². The first-order valence-corrected chi connectivity index (χ1v) is 8.07. The summed E-state index contributed by atoms with van der Waals surface area (Å²) >= 11 is 0. The Hall–Kier alpha value is -3.04. The van der Waals surface area contributed by atoms with E-state index in [4.69, 9.17) is 14.2 Å². The molecule has 0 aliphatic rings. The smallest absolute Gasteiger partial charge is 0.319 e. The molecule has 0 fully saturated rings. The molecule has 0 spiro atoms. The zero-order valence-corrected chi connectivity index (χ0v) is 15.6. The number of hydrogen-bond acceptors (Lipinski definition) is 5. The summed E-state index contributed by atoms with van der Waals surface area (Å²) in [5.74, 6) is 2.23. The van der Waals surface area contributed by atoms with Crippen LogP contribution >= 0.6 is 0 Å². The number of halogens is 2. The van der Waals surface area contributed by atoms with Crippen LogP contribution in [0.4, 0.5) is 8.78 Å². The largest absolute Gasteiger partial charge is 0.493 e. The number of rotatable bonds is 8. The van der Waals surface area contributed by atoms with Crippen LogP contribution in [0.25, 0.3) is 0 Å². The minimum atomic E-state index is -2.64. The van der Waals surface area contributed by atoms with E-state index in [1.165, 1.54) is 19.5 Å². The number of guanidine groups is 1. The van der Waals surface area contributed by atoms with Crippen LogP contribution in [0.15, 0.2) is 29.5 Å². The highest BCUT2D eigenvalue weighted by Crippen LogP contribution is 2.38. The Morgan fingerprint density at radius 3 is 2.26 bits per heavy atom. The van der Waals surface area contributed by atoms with Gasteiger partial charge < -0.3 is 24.8 Å². The zero-order chi connectivity index (χ0) is 19.8. The molecule has 2 rings (SSSR count). The van der Waals surface area contributed by atoms with Gasteiger partial charge in [-0.05, 0) is 17.7 Å². The summed E-state index contributed by atoms with van der Waals surface area (Å²) in [6.07, 6.45) is 2.56. The molecule has 2 N–H and O–H groups in total. The van der Waals surface area contributed by atoms with Crippen LogP contribution in [-0.4, -0.2) is 43.9 Å². The summed E-state index contributed by atoms with van der Waals surface area (Å²) in [7, 11) is 6.21. The fourth-order valence-electron chi connectivity index (χ4n) is 2.47. The van der Waals surface area contributed by atoms with Gasteiger partial charge in [0.2, 0.25) is 5.75 Å². The molecule has 0 unspecified atom stereocenters. The van der Waals surface area contributed by atoms with Gasteiger partial charge in [0.25, 0.3) is 0 Å². The van der Waals surface area contributed by atoms with Crippen LogP contribution in [0.1, 0.15) is 17.9 Å². The summed E-state index contributed by atoms with van der Waals surface area (Å²) < 4.78 is 42.4. The van der Waals surface area contributed by atoms with Crippen LogP contribution in [-0.2, 0) is 13.1 Å². The van der Waals surface area contributed by atoms with Crippen molar-refractivity contribution in [2.45, 2.75) is 19.6 Å². The Kier molecular flexibility index (Phi) is 7.21. The third-order valence-electron chi connectivity index (χ3n) is 3.78. The van der Waals surface area contributed by atoms with Crippen LogP contribution in [0.2, 0.25) is 0 Å². The fraction of sp³-hybridized carbons (Fsp3) is 0.412. The van der Waals surface area contributed by atoms with E-state index in [1.54, 1.807) is 21.3 Å². The second-order valence-corrected chi connectivity index (χ2v) is 5.34. The molecule has 27 heavy (non-hydrogen) atoms. The lowest BCUT2D eigenvalue weighted by molar-refractivity contribution is 0.0668. The lowest BCUT2D eigenvalue weighted by Crippen LogP contribution is -2.37. The molecule has 1 aromatic heterocycles. The molecule has 0 amide bonds. The average molecular weight is 383 g/mol. The monoisotopic (exact) mass is 383 g/mol. The number of alkyl halides is 2. The summed E-state index contributed by atoms with van der Waals surface area (Å²) in [5.41, 5.74) is 0.863. The molecule has 0 atom stereocenters. The molecular formula is C17H23F2N5O3. The van der Waals surface area contributed by atoms with Crippen molar-refractivity contribution in [2.75, 3.05) is 28.4 Å². The van der Waals surface area contributed by atoms with Crippen LogP contribution in [0.5, 0.6) is 17.2 Å². The molecule has 1 heterocycles. The Morgan fingerprint density at radius 1 is 1.11 bits per heavy atom. The van der Waals surface area contributed by atoms with E-state index in [2.05, 4.69) is 20.6 Å². The molecular weight excluding hydrogens is 360 g/mol. The summed E-state index contributed by atoms with van der Waals surface area (Å²) in [5, 5.41) is 6.05. The van der Waals surface area contributed by atoms with Gasteiger partial charge in [-0.2, -0.15) is 8.78 Å². The zero-order valence-electron chi connectivity index (χ0n) is 15.6. The molecule has 0 saturated heterocycles. The van der Waals surface area contributed by atoms with Gasteiger partial charge in [-0.25, -0.2) is 4.98 Å². The number of nitrogens with zero attached hydrogens (tertiary/aromatic N) is 3. The number of ether oxygens (including phenoxy) is 3. The van der Waals surface area contributed by atoms with Crippen molar-refractivity contribution in [1.82, 2.24) is 20.2 Å². The van der Waals surface area contributed by atoms with Crippen molar-refractivity contribution in [3.63, 3.8) is 0 Å². The van der Waals surface area contributed by atoms with Crippen molar-refractivity contribution in [2.24, 2.45) is 4.99 Å². The predicted molar refractivity (Wildman–Crippen MR) is 96.6 cm³/mol. The van der Waals surface area contributed by atoms with Crippen molar-refractivity contribution in [3.8, 4) is 17.2 Å². The van der Waals surface area contributed by atoms with Gasteiger partial charge in [0, 0.05) is 26.0 Å². The maximum atomic E-state index is 12.9. The molecule has 2 aromatic rings. The second kappa shape index (κ2) is 9.60. The fourth-order valence-corrected chi connectivity index (χ4v) is 2.47. The van der Waals surface area contributed by atoms with Crippen LogP contribution in [0.3, 0.4) is 0 Å². The maximum absolute atomic E-state index is 12.9. The van der Waals surface area contributed by atoms with Gasteiger partial charge in [-0.15, -0.1) is 0 Å². The molecule has 0 aliphatic carbocycles. The van der Waals surface area contributed by atoms with Crippen molar-refractivity contribution >= 4 is 5.96 Å². The first kappa shape index (κ1) is 20.3. The average Bonchev–Trinajstić information content (AvgIpc) is 3.16. The highest BCUT2D eigenvalue weighted by atomic mass is 19.3. The minimum absolute atomic E-state index is 0.103. The van der Waals surface area contributed by atoms with Crippen LogP contribution in [0, 0.1) is 0 Å². The highest BCUT2D eigenvalue weighted by Gasteiger charge is 2.14. The van der Waals surface area contributed by atoms with E-state index in [0.717, 1.165) is 10.1 Å². The third kappa shape index (κ3) is 4.99. The number of benzene rings is 1. The molecule has 148 valence electrons. The van der Waals surface area contributed by atoms with Gasteiger partial charge in [0.15, 0.2) is 17.5 Å². The molecule has 0 saturated carbocycles. The number of aliphatic imine (C=N–C) groups is 1. The van der Waals surface area contributed by atoms with E-state index >= 15 is 0 Å². The Morgan fingerprint density at radius 2 is 1.74 bits per heavy atom. The standard InChI is InChI=1S/C17H23F2N5O3/c1-20-17(23-10-14-21-5-6-24(14)16(18)19)22-9-11-7-12(25-2)15(27-4)13(8-11)26-3/h5-8,16H,9-10H2,1-4H3,(H2,20,22,23). The Labute approximate surface area is 156 Å². The Bertz CT molecular complexity index is 755. The molecule has 0 aliphatic heterocycles. The first-order chi connectivity index (χ1) is 13.0. The van der Waals surface area contributed by atoms with E-state index in [1.807, 2.05) is 12.1 Å². The summed E-state index contributed by atoms with van der Waals surface area (Å²) in [6.45, 7) is -2.13. The van der Waals surface area contributed by atoms with E-state index in [-0.39, 0.29) is 12.4 Å². The van der Waals surface area contributed by atoms with Gasteiger partial charge in [-0.3, -0.25) is 9.56 Å². The normalized spacial score (nSPS) is 11.4. The number of methoxy groups -OCH3 is 3.